The highest BCUT2D eigenvalue weighted by Crippen LogP contribution is 2.41. The standard InChI is InChI=1S/C22H46.C20H42.C17H36.2C14H30.2C12H26.C11H24.C10H22.C9H20.C8H18/c1-6-8-10-12-14-16-18-21(20-22(3,4)5)19-17-15-13-11-9-7-2;1-6-8-10-12-13-15-17-19(18-20(3,4)5)16-14-11-9-7-2;1-6-8-10-12-14-16(17(3,4)5)15-13-11-9-7-2;1-12(2)8-7-9-13(3)10-11-14(4,5)6;1-6-8-10-13(11-9-7-2)12-14(3,4)5;1-6-7-8-9-10-11(2)12(3,4)5;1-6-8-9-11(7-2)10-12(3,4)5;1-6-8-9-10(7-2)11(3,4)5;1-6-7-8-9(2)10(3,4)5;1-6-7-8(2)9(3,4)5;1-6-7(2)8(3,4)5/h21H,6-20H2,1-5H3;19H,6-18H2,1-5H3;16H,6-15H2,1-5H3;12-13H,7-11H2,1-6H3;13H,6-12H2,1-5H3;2*11H,6-10H2,1-5H3;10H,6-9H2,1-5H3;9H,6-8H2,1-5H3;8H,6-7H2,1-5H3;7H,6H2,1-5H3. The van der Waals surface area contributed by atoms with Crippen LogP contribution in [0.25, 0.3) is 0 Å². The van der Waals surface area contributed by atoms with E-state index in [0.717, 1.165) is 71.0 Å². The number of unbranched alkanes of at least 4 members (excludes halogenated alkanes) is 32. The molecule has 0 N–H and O–H groups in total. The highest BCUT2D eigenvalue weighted by Gasteiger charge is 2.28. The second-order valence-electron chi connectivity index (χ2n) is 63.0. The lowest BCUT2D eigenvalue weighted by Crippen LogP contribution is -2.20. The smallest absolute Gasteiger partial charge is 0.0354 e. The second-order valence-corrected chi connectivity index (χ2v) is 63.0. The quantitative estimate of drug-likeness (QED) is 0.0533. The number of rotatable bonds is 71. The first kappa shape index (κ1) is 171. The molecule has 0 bridgehead atoms. The van der Waals surface area contributed by atoms with Crippen molar-refractivity contribution in [1.29, 1.82) is 0 Å². The van der Waals surface area contributed by atoms with E-state index in [1.807, 2.05) is 0 Å². The van der Waals surface area contributed by atoms with Crippen molar-refractivity contribution < 1.29 is 0 Å². The summed E-state index contributed by atoms with van der Waals surface area (Å²) in [5.41, 5.74) is 5.65. The average molecular weight is 2110 g/mol. The lowest BCUT2D eigenvalue weighted by Gasteiger charge is -2.31. The van der Waals surface area contributed by atoms with Gasteiger partial charge in [-0.1, -0.05) is 786 Å². The summed E-state index contributed by atoms with van der Waals surface area (Å²) in [6.07, 6.45) is 99.1. The summed E-state index contributed by atoms with van der Waals surface area (Å²) in [4.78, 5) is 0. The molecule has 0 aromatic rings. The van der Waals surface area contributed by atoms with Crippen LogP contribution < -0.4 is 0 Å². The van der Waals surface area contributed by atoms with E-state index in [4.69, 9.17) is 0 Å². The normalized spacial score (nSPS) is 13.9. The van der Waals surface area contributed by atoms with Crippen LogP contribution in [0.3, 0.4) is 0 Å². The van der Waals surface area contributed by atoms with Gasteiger partial charge in [-0.25, -0.2) is 0 Å². The van der Waals surface area contributed by atoms with Gasteiger partial charge >= 0.3 is 0 Å². The molecule has 0 aromatic heterocycles. The van der Waals surface area contributed by atoms with Gasteiger partial charge in [0.25, 0.3) is 0 Å². The first-order valence-corrected chi connectivity index (χ1v) is 68.7. The predicted octanol–water partition coefficient (Wildman–Crippen LogP) is 57.5. The monoisotopic (exact) mass is 2110 g/mol. The van der Waals surface area contributed by atoms with Crippen molar-refractivity contribution in [3.8, 4) is 0 Å². The molecule has 0 aliphatic rings. The number of hydrogen-bond acceptors (Lipinski definition) is 0. The van der Waals surface area contributed by atoms with Gasteiger partial charge in [-0.15, -0.1) is 0 Å². The minimum atomic E-state index is 0.506. The second kappa shape index (κ2) is 108. The molecule has 0 aliphatic heterocycles. The van der Waals surface area contributed by atoms with Gasteiger partial charge in [-0.3, -0.25) is 0 Å². The molecule has 0 amide bonds. The van der Waals surface area contributed by atoms with Gasteiger partial charge in [0.1, 0.15) is 0 Å². The third-order valence-corrected chi connectivity index (χ3v) is 33.7. The van der Waals surface area contributed by atoms with Crippen LogP contribution in [0.5, 0.6) is 0 Å². The SMILES string of the molecule is CC(C)CCCC(C)CCC(C)(C)C.CCC(C)C(C)(C)C.CCCC(C)C(C)(C)C.CCCCC(C)C(C)(C)C.CCCCC(CC)C(C)(C)C.CCCCC(CC)CC(C)(C)C.CCCCC(CCCC)CC(C)(C)C.CCCCCCC(C)C(C)(C)C.CCCCCCC(CCCCCC)C(C)(C)C.CCCCCCCCC(CCCCCC)CC(C)(C)C.CCCCCCCCC(CCCCCCCC)CC(C)(C)C. The van der Waals surface area contributed by atoms with E-state index in [9.17, 15) is 0 Å². The van der Waals surface area contributed by atoms with Gasteiger partial charge in [0.2, 0.25) is 0 Å². The Bertz CT molecular complexity index is 2410. The third kappa shape index (κ3) is 150. The molecule has 0 heterocycles. The molecule has 8 atom stereocenters. The van der Waals surface area contributed by atoms with Crippen LogP contribution >= 0.6 is 0 Å². The first-order chi connectivity index (χ1) is 68.7. The summed E-state index contributed by atoms with van der Waals surface area (Å²) in [6, 6.07) is 0. The van der Waals surface area contributed by atoms with Gasteiger partial charge < -0.3 is 0 Å². The van der Waals surface area contributed by atoms with E-state index >= 15 is 0 Å². The van der Waals surface area contributed by atoms with Crippen molar-refractivity contribution in [1.82, 2.24) is 0 Å². The maximum absolute atomic E-state index is 2.43. The summed E-state index contributed by atoms with van der Waals surface area (Å²) in [7, 11) is 0. The van der Waals surface area contributed by atoms with E-state index in [1.165, 1.54) is 449 Å². The van der Waals surface area contributed by atoms with Crippen LogP contribution in [-0.4, -0.2) is 0 Å². The molecule has 0 spiro atoms. The fraction of sp³-hybridized carbons (Fsp3) is 1.00. The topological polar surface area (TPSA) is 0 Å². The Balaban J connectivity index is -0.000000158. The zero-order chi connectivity index (χ0) is 118. The molecule has 8 unspecified atom stereocenters. The minimum absolute atomic E-state index is 0.506. The maximum Gasteiger partial charge on any atom is -0.0354 e. The van der Waals surface area contributed by atoms with Crippen LogP contribution in [0, 0.1) is 131 Å². The lowest BCUT2D eigenvalue weighted by atomic mass is 9.75. The molecule has 149 heavy (non-hydrogen) atoms. The molecule has 916 valence electrons. The Hall–Kier alpha value is 0. The third-order valence-electron chi connectivity index (χ3n) is 33.7. The fourth-order valence-corrected chi connectivity index (χ4v) is 20.7. The molecular weight excluding hydrogens is 1790 g/mol. The largest absolute Gasteiger partial charge is 0.0654 e. The molecule has 0 saturated carbocycles. The maximum atomic E-state index is 2.43. The van der Waals surface area contributed by atoms with E-state index in [1.54, 1.807) is 0 Å². The van der Waals surface area contributed by atoms with Gasteiger partial charge in [0.15, 0.2) is 0 Å². The summed E-state index contributed by atoms with van der Waals surface area (Å²) in [6.45, 7) is 131. The Morgan fingerprint density at radius 3 is 0.557 bits per heavy atom. The molecule has 0 aliphatic carbocycles. The van der Waals surface area contributed by atoms with Gasteiger partial charge in [-0.2, -0.15) is 0 Å². The molecule has 0 saturated heterocycles. The predicted molar refractivity (Wildman–Crippen MR) is 710 cm³/mol. The molecule has 0 radical (unpaired) electrons. The zero-order valence-corrected chi connectivity index (χ0v) is 118. The molecule has 0 aromatic carbocycles. The molecular formula is C149H320. The lowest BCUT2D eigenvalue weighted by molar-refractivity contribution is 0.201. The molecule has 0 rings (SSSR count). The number of hydrogen-bond donors (Lipinski definition) is 0. The van der Waals surface area contributed by atoms with Crippen molar-refractivity contribution in [2.24, 2.45) is 131 Å². The highest BCUT2D eigenvalue weighted by atomic mass is 14.3. The average Bonchev–Trinajstić information content (AvgIpc) is 0.889. The van der Waals surface area contributed by atoms with Crippen molar-refractivity contribution in [3.63, 3.8) is 0 Å². The van der Waals surface area contributed by atoms with Crippen LogP contribution in [-0.2, 0) is 0 Å². The molecule has 0 heteroatoms. The summed E-state index contributed by atoms with van der Waals surface area (Å²) < 4.78 is 0. The van der Waals surface area contributed by atoms with Gasteiger partial charge in [0.05, 0.1) is 0 Å². The fourth-order valence-electron chi connectivity index (χ4n) is 20.7. The Labute approximate surface area is 961 Å². The molecule has 0 fully saturated rings. The highest BCUT2D eigenvalue weighted by molar-refractivity contribution is 4.80. The van der Waals surface area contributed by atoms with Crippen molar-refractivity contribution in [2.75, 3.05) is 0 Å². The Morgan fingerprint density at radius 1 is 0.134 bits per heavy atom. The van der Waals surface area contributed by atoms with Crippen molar-refractivity contribution in [2.45, 2.75) is 837 Å². The van der Waals surface area contributed by atoms with E-state index < -0.39 is 0 Å². The summed E-state index contributed by atoms with van der Waals surface area (Å²) in [5.74, 6) is 11.0. The van der Waals surface area contributed by atoms with Crippen LogP contribution in [0.1, 0.15) is 837 Å². The van der Waals surface area contributed by atoms with Gasteiger partial charge in [-0.05, 0) is 182 Å². The van der Waals surface area contributed by atoms with Crippen LogP contribution in [0.15, 0.2) is 0 Å². The minimum Gasteiger partial charge on any atom is -0.0654 e. The zero-order valence-electron chi connectivity index (χ0n) is 118. The van der Waals surface area contributed by atoms with Crippen LogP contribution in [0.4, 0.5) is 0 Å². The summed E-state index contributed by atoms with van der Waals surface area (Å²) >= 11 is 0. The van der Waals surface area contributed by atoms with Crippen molar-refractivity contribution >= 4 is 0 Å². The van der Waals surface area contributed by atoms with Gasteiger partial charge in [0, 0.05) is 0 Å². The van der Waals surface area contributed by atoms with Crippen LogP contribution in [0.2, 0.25) is 0 Å². The van der Waals surface area contributed by atoms with E-state index in [2.05, 4.69) is 388 Å². The first-order valence-electron chi connectivity index (χ1n) is 68.7. The Morgan fingerprint density at radius 2 is 0.342 bits per heavy atom. The Kier molecular flexibility index (Phi) is 124. The molecule has 0 nitrogen and oxygen atoms in total. The summed E-state index contributed by atoms with van der Waals surface area (Å²) in [5, 5.41) is 0. The van der Waals surface area contributed by atoms with E-state index in [0.29, 0.717) is 59.6 Å². The van der Waals surface area contributed by atoms with E-state index in [-0.39, 0.29) is 0 Å². The van der Waals surface area contributed by atoms with Crippen molar-refractivity contribution in [3.05, 3.63) is 0 Å².